The average molecular weight is 394 g/mol. The van der Waals surface area contributed by atoms with Gasteiger partial charge >= 0.3 is 6.09 Å². The molecule has 0 bridgehead atoms. The summed E-state index contributed by atoms with van der Waals surface area (Å²) in [6, 6.07) is 14.8. The minimum Gasteiger partial charge on any atom is -0.450 e. The second-order valence-corrected chi connectivity index (χ2v) is 7.14. The summed E-state index contributed by atoms with van der Waals surface area (Å²) in [5.41, 5.74) is 3.59. The number of alkyl carbamates (subject to hydrolysis) is 1. The van der Waals surface area contributed by atoms with E-state index in [0.29, 0.717) is 5.69 Å². The summed E-state index contributed by atoms with van der Waals surface area (Å²) in [4.78, 5) is 29.0. The molecule has 152 valence electrons. The highest BCUT2D eigenvalue weighted by Gasteiger charge is 2.24. The molecule has 2 amide bonds. The van der Waals surface area contributed by atoms with Gasteiger partial charge in [0.15, 0.2) is 0 Å². The maximum Gasteiger partial charge on any atom is 0.407 e. The van der Waals surface area contributed by atoms with Crippen molar-refractivity contribution in [2.45, 2.75) is 26.8 Å². The molecule has 0 radical (unpaired) electrons. The number of aromatic nitrogens is 2. The van der Waals surface area contributed by atoms with Crippen LogP contribution in [0.1, 0.15) is 20.8 Å². The Kier molecular flexibility index (Phi) is 6.16. The minimum atomic E-state index is -0.687. The Morgan fingerprint density at radius 1 is 1.10 bits per heavy atom. The van der Waals surface area contributed by atoms with E-state index in [9.17, 15) is 9.59 Å². The molecule has 2 N–H and O–H groups in total. The zero-order chi connectivity index (χ0) is 21.0. The number of nitrogens with one attached hydrogen (secondary N) is 2. The molecule has 3 aromatic rings. The van der Waals surface area contributed by atoms with Crippen LogP contribution in [-0.2, 0) is 16.6 Å². The molecular weight excluding hydrogens is 368 g/mol. The summed E-state index contributed by atoms with van der Waals surface area (Å²) >= 11 is 0. The number of hydrogen-bond acceptors (Lipinski definition) is 4. The van der Waals surface area contributed by atoms with E-state index in [0.717, 1.165) is 22.4 Å². The fourth-order valence-corrected chi connectivity index (χ4v) is 3.16. The van der Waals surface area contributed by atoms with Crippen LogP contribution >= 0.6 is 0 Å². The number of imidazole rings is 1. The van der Waals surface area contributed by atoms with Gasteiger partial charge in [-0.25, -0.2) is 9.78 Å². The van der Waals surface area contributed by atoms with Gasteiger partial charge in [0.2, 0.25) is 5.91 Å². The molecule has 3 rings (SSSR count). The molecule has 0 saturated heterocycles. The van der Waals surface area contributed by atoms with E-state index in [1.54, 1.807) is 6.92 Å². The van der Waals surface area contributed by atoms with E-state index in [-0.39, 0.29) is 18.4 Å². The van der Waals surface area contributed by atoms with Crippen molar-refractivity contribution in [3.8, 4) is 11.4 Å². The molecule has 0 spiro atoms. The van der Waals surface area contributed by atoms with Crippen LogP contribution in [0, 0.1) is 5.92 Å². The quantitative estimate of drug-likeness (QED) is 0.663. The highest BCUT2D eigenvalue weighted by molar-refractivity contribution is 5.97. The largest absolute Gasteiger partial charge is 0.450 e. The first-order chi connectivity index (χ1) is 13.9. The van der Waals surface area contributed by atoms with Crippen LogP contribution in [0.4, 0.5) is 10.5 Å². The van der Waals surface area contributed by atoms with Gasteiger partial charge < -0.3 is 19.9 Å². The molecule has 7 nitrogen and oxygen atoms in total. The van der Waals surface area contributed by atoms with Gasteiger partial charge in [-0.1, -0.05) is 26.0 Å². The van der Waals surface area contributed by atoms with Gasteiger partial charge in [0, 0.05) is 18.3 Å². The van der Waals surface area contributed by atoms with Gasteiger partial charge in [-0.2, -0.15) is 0 Å². The summed E-state index contributed by atoms with van der Waals surface area (Å²) in [6.45, 7) is 5.70. The third-order valence-electron chi connectivity index (χ3n) is 4.70. The fourth-order valence-electron chi connectivity index (χ4n) is 3.16. The molecule has 1 atom stereocenters. The van der Waals surface area contributed by atoms with Gasteiger partial charge in [-0.15, -0.1) is 0 Å². The average Bonchev–Trinajstić information content (AvgIpc) is 3.03. The number of carbonyl (C=O) groups is 2. The van der Waals surface area contributed by atoms with Gasteiger partial charge in [-0.05, 0) is 49.2 Å². The van der Waals surface area contributed by atoms with Gasteiger partial charge in [0.25, 0.3) is 0 Å². The number of amides is 2. The van der Waals surface area contributed by atoms with E-state index in [4.69, 9.17) is 4.74 Å². The molecule has 0 fully saturated rings. The number of para-hydroxylation sites is 2. The summed E-state index contributed by atoms with van der Waals surface area (Å²) in [5, 5.41) is 5.46. The summed E-state index contributed by atoms with van der Waals surface area (Å²) < 4.78 is 6.93. The molecule has 0 saturated carbocycles. The monoisotopic (exact) mass is 394 g/mol. The number of aryl methyl sites for hydroxylation is 1. The van der Waals surface area contributed by atoms with Gasteiger partial charge in [0.05, 0.1) is 17.6 Å². The highest BCUT2D eigenvalue weighted by Crippen LogP contribution is 2.24. The number of anilines is 1. The lowest BCUT2D eigenvalue weighted by Crippen LogP contribution is -2.47. The van der Waals surface area contributed by atoms with Crippen molar-refractivity contribution in [3.05, 3.63) is 48.5 Å². The Labute approximate surface area is 170 Å². The SMILES string of the molecule is CCOC(=O)NC(C(=O)Nc1ccc(-c2nc3ccccc3n2C)cc1)C(C)C. The first kappa shape index (κ1) is 20.4. The Bertz CT molecular complexity index is 1010. The number of benzene rings is 2. The summed E-state index contributed by atoms with van der Waals surface area (Å²) in [7, 11) is 1.98. The number of carbonyl (C=O) groups excluding carboxylic acids is 2. The van der Waals surface area contributed by atoms with Crippen molar-refractivity contribution in [3.63, 3.8) is 0 Å². The maximum absolute atomic E-state index is 12.6. The predicted molar refractivity (Wildman–Crippen MR) is 114 cm³/mol. The number of fused-ring (bicyclic) bond motifs is 1. The summed E-state index contributed by atoms with van der Waals surface area (Å²) in [6.07, 6.45) is -0.599. The third kappa shape index (κ3) is 4.56. The molecule has 0 aliphatic carbocycles. The normalized spacial score (nSPS) is 12.0. The van der Waals surface area contributed by atoms with Crippen molar-refractivity contribution in [1.29, 1.82) is 0 Å². The van der Waals surface area contributed by atoms with Crippen molar-refractivity contribution in [2.75, 3.05) is 11.9 Å². The van der Waals surface area contributed by atoms with Gasteiger partial charge in [0.1, 0.15) is 11.9 Å². The molecule has 1 unspecified atom stereocenters. The van der Waals surface area contributed by atoms with Gasteiger partial charge in [-0.3, -0.25) is 4.79 Å². The third-order valence-corrected chi connectivity index (χ3v) is 4.70. The van der Waals surface area contributed by atoms with Crippen molar-refractivity contribution < 1.29 is 14.3 Å². The second-order valence-electron chi connectivity index (χ2n) is 7.14. The standard InChI is InChI=1S/C22H26N4O3/c1-5-29-22(28)25-19(14(2)3)21(27)23-16-12-10-15(11-13-16)20-24-17-8-6-7-9-18(17)26(20)4/h6-14,19H,5H2,1-4H3,(H,23,27)(H,25,28). The lowest BCUT2D eigenvalue weighted by atomic mass is 10.0. The Hall–Kier alpha value is -3.35. The van der Waals surface area contributed by atoms with Crippen molar-refractivity contribution in [2.24, 2.45) is 13.0 Å². The first-order valence-corrected chi connectivity index (χ1v) is 9.66. The number of hydrogen-bond donors (Lipinski definition) is 2. The number of rotatable bonds is 6. The van der Waals surface area contributed by atoms with Crippen LogP contribution < -0.4 is 10.6 Å². The lowest BCUT2D eigenvalue weighted by Gasteiger charge is -2.21. The molecular formula is C22H26N4O3. The van der Waals surface area contributed by atoms with E-state index in [2.05, 4.69) is 15.6 Å². The van der Waals surface area contributed by atoms with Crippen LogP contribution in [0.15, 0.2) is 48.5 Å². The smallest absolute Gasteiger partial charge is 0.407 e. The van der Waals surface area contributed by atoms with E-state index in [1.807, 2.05) is 74.0 Å². The lowest BCUT2D eigenvalue weighted by molar-refractivity contribution is -0.119. The molecule has 1 heterocycles. The topological polar surface area (TPSA) is 85.2 Å². The number of ether oxygens (including phenoxy) is 1. The Morgan fingerprint density at radius 2 is 1.79 bits per heavy atom. The van der Waals surface area contributed by atoms with Crippen LogP contribution in [0.3, 0.4) is 0 Å². The zero-order valence-corrected chi connectivity index (χ0v) is 17.1. The maximum atomic E-state index is 12.6. The van der Waals surface area contributed by atoms with Crippen LogP contribution in [-0.4, -0.2) is 34.2 Å². The molecule has 29 heavy (non-hydrogen) atoms. The molecule has 1 aromatic heterocycles. The zero-order valence-electron chi connectivity index (χ0n) is 17.1. The Balaban J connectivity index is 1.74. The highest BCUT2D eigenvalue weighted by atomic mass is 16.5. The molecule has 2 aromatic carbocycles. The fraction of sp³-hybridized carbons (Fsp3) is 0.318. The number of nitrogens with zero attached hydrogens (tertiary/aromatic N) is 2. The van der Waals surface area contributed by atoms with Crippen molar-refractivity contribution in [1.82, 2.24) is 14.9 Å². The molecule has 7 heteroatoms. The van der Waals surface area contributed by atoms with E-state index in [1.165, 1.54) is 0 Å². The van der Waals surface area contributed by atoms with Crippen LogP contribution in [0.25, 0.3) is 22.4 Å². The van der Waals surface area contributed by atoms with E-state index < -0.39 is 12.1 Å². The predicted octanol–water partition coefficient (Wildman–Crippen LogP) is 3.95. The van der Waals surface area contributed by atoms with E-state index >= 15 is 0 Å². The summed E-state index contributed by atoms with van der Waals surface area (Å²) in [5.74, 6) is 0.482. The molecule has 0 aliphatic rings. The Morgan fingerprint density at radius 3 is 2.41 bits per heavy atom. The molecule has 0 aliphatic heterocycles. The first-order valence-electron chi connectivity index (χ1n) is 9.66. The van der Waals surface area contributed by atoms with Crippen LogP contribution in [0.2, 0.25) is 0 Å². The minimum absolute atomic E-state index is 0.0846. The second kappa shape index (κ2) is 8.77. The van der Waals surface area contributed by atoms with Crippen molar-refractivity contribution >= 4 is 28.7 Å². The van der Waals surface area contributed by atoms with Crippen LogP contribution in [0.5, 0.6) is 0 Å².